The quantitative estimate of drug-likeness (QED) is 0.195. The molecule has 0 radical (unpaired) electrons. The van der Waals surface area contributed by atoms with E-state index in [1.165, 1.54) is 7.05 Å². The number of allylic oxidation sites excluding steroid dienone is 2. The van der Waals surface area contributed by atoms with Crippen LogP contribution in [0.2, 0.25) is 0 Å². The van der Waals surface area contributed by atoms with Crippen molar-refractivity contribution in [2.24, 2.45) is 0 Å². The van der Waals surface area contributed by atoms with Crippen LogP contribution in [0.4, 0.5) is 10.5 Å². The van der Waals surface area contributed by atoms with Crippen molar-refractivity contribution < 1.29 is 28.7 Å². The molecule has 5 N–H and O–H groups in total. The van der Waals surface area contributed by atoms with Crippen LogP contribution in [0.25, 0.3) is 0 Å². The third-order valence-electron chi connectivity index (χ3n) is 7.45. The van der Waals surface area contributed by atoms with Crippen LogP contribution in [0.15, 0.2) is 41.6 Å². The molecule has 2 atom stereocenters. The van der Waals surface area contributed by atoms with Crippen LogP contribution >= 0.6 is 0 Å². The van der Waals surface area contributed by atoms with E-state index in [4.69, 9.17) is 4.74 Å². The number of ether oxygens (including phenoxy) is 1. The van der Waals surface area contributed by atoms with E-state index < -0.39 is 6.09 Å². The van der Waals surface area contributed by atoms with Crippen LogP contribution in [0.1, 0.15) is 94.6 Å². The lowest BCUT2D eigenvalue weighted by molar-refractivity contribution is -0.123. The number of benzene rings is 1. The molecular weight excluding hydrogens is 550 g/mol. The summed E-state index contributed by atoms with van der Waals surface area (Å²) in [6.07, 6.45) is 7.76. The van der Waals surface area contributed by atoms with Gasteiger partial charge in [0.05, 0.1) is 0 Å². The summed E-state index contributed by atoms with van der Waals surface area (Å²) in [5, 5.41) is 14.0. The predicted octanol–water partition coefficient (Wildman–Crippen LogP) is 3.89. The Labute approximate surface area is 253 Å². The predicted molar refractivity (Wildman–Crippen MR) is 164 cm³/mol. The molecule has 0 spiro atoms. The SMILES string of the molecule is CCCNC(=O)CCCC(=O)NC1=CCC2C(=C1)C(COC(=O)NC)c1cc(NC(=O)CCCC(=O)NCCC)ccc12. The Morgan fingerprint density at radius 3 is 2.02 bits per heavy atom. The van der Waals surface area contributed by atoms with Gasteiger partial charge in [-0.1, -0.05) is 26.0 Å². The monoisotopic (exact) mass is 595 g/mol. The Balaban J connectivity index is 1.65. The van der Waals surface area contributed by atoms with E-state index in [9.17, 15) is 24.0 Å². The number of anilines is 1. The molecule has 2 aliphatic carbocycles. The molecule has 2 aliphatic rings. The number of fused-ring (bicyclic) bond motifs is 3. The van der Waals surface area contributed by atoms with Crippen LogP contribution in [-0.4, -0.2) is 56.5 Å². The maximum absolute atomic E-state index is 12.6. The molecule has 1 aromatic rings. The van der Waals surface area contributed by atoms with Gasteiger partial charge < -0.3 is 31.3 Å². The molecule has 0 saturated heterocycles. The van der Waals surface area contributed by atoms with E-state index in [-0.39, 0.29) is 54.9 Å². The summed E-state index contributed by atoms with van der Waals surface area (Å²) < 4.78 is 5.46. The Morgan fingerprint density at radius 1 is 0.814 bits per heavy atom. The summed E-state index contributed by atoms with van der Waals surface area (Å²) in [6, 6.07) is 5.77. The average Bonchev–Trinajstić information content (AvgIpc) is 3.29. The maximum Gasteiger partial charge on any atom is 0.406 e. The molecule has 43 heavy (non-hydrogen) atoms. The van der Waals surface area contributed by atoms with Gasteiger partial charge in [0.15, 0.2) is 0 Å². The van der Waals surface area contributed by atoms with Crippen molar-refractivity contribution in [2.45, 2.75) is 83.5 Å². The highest BCUT2D eigenvalue weighted by atomic mass is 16.5. The van der Waals surface area contributed by atoms with Crippen molar-refractivity contribution >= 4 is 35.4 Å². The number of carbonyl (C=O) groups is 5. The van der Waals surface area contributed by atoms with Crippen molar-refractivity contribution in [2.75, 3.05) is 32.1 Å². The standard InChI is InChI=1S/C32H45N5O6/c1-4-16-34-28(38)8-6-10-30(40)36-21-12-14-23-24-15-13-22(37-31(41)11-7-9-29(39)35-17-5-2)19-26(24)27(25(23)18-21)20-43-32(42)33-3/h12-14,18-19,24,27H,4-11,15-17,20H2,1-3H3,(H,33,42)(H,34,38)(H,35,39)(H,36,40)(H,37,41). The second kappa shape index (κ2) is 17.1. The number of amides is 5. The second-order valence-corrected chi connectivity index (χ2v) is 10.8. The van der Waals surface area contributed by atoms with Crippen molar-refractivity contribution in [1.29, 1.82) is 0 Å². The Kier molecular flexibility index (Phi) is 13.3. The van der Waals surface area contributed by atoms with Crippen LogP contribution in [-0.2, 0) is 23.9 Å². The first-order valence-electron chi connectivity index (χ1n) is 15.3. The van der Waals surface area contributed by atoms with E-state index >= 15 is 0 Å². The molecule has 11 nitrogen and oxygen atoms in total. The van der Waals surface area contributed by atoms with Crippen molar-refractivity contribution in [1.82, 2.24) is 21.3 Å². The summed E-state index contributed by atoms with van der Waals surface area (Å²) in [6.45, 7) is 5.34. The summed E-state index contributed by atoms with van der Waals surface area (Å²) >= 11 is 0. The van der Waals surface area contributed by atoms with Crippen molar-refractivity contribution in [3.8, 4) is 0 Å². The highest BCUT2D eigenvalue weighted by Gasteiger charge is 2.38. The first kappa shape index (κ1) is 33.4. The van der Waals surface area contributed by atoms with E-state index in [0.717, 1.165) is 29.5 Å². The van der Waals surface area contributed by atoms with Gasteiger partial charge in [-0.15, -0.1) is 0 Å². The lowest BCUT2D eigenvalue weighted by Gasteiger charge is -2.22. The summed E-state index contributed by atoms with van der Waals surface area (Å²) in [7, 11) is 1.50. The van der Waals surface area contributed by atoms with Crippen LogP contribution in [0, 0.1) is 0 Å². The maximum atomic E-state index is 12.6. The van der Waals surface area contributed by atoms with E-state index in [0.29, 0.717) is 56.6 Å². The van der Waals surface area contributed by atoms with Gasteiger partial charge >= 0.3 is 6.09 Å². The molecule has 0 saturated carbocycles. The van der Waals surface area contributed by atoms with Gasteiger partial charge in [0.1, 0.15) is 6.61 Å². The van der Waals surface area contributed by atoms with Crippen molar-refractivity contribution in [3.05, 3.63) is 52.7 Å². The molecular formula is C32H45N5O6. The molecule has 0 heterocycles. The van der Waals surface area contributed by atoms with Gasteiger partial charge in [0.25, 0.3) is 0 Å². The zero-order valence-corrected chi connectivity index (χ0v) is 25.5. The normalized spacial score (nSPS) is 16.5. The van der Waals surface area contributed by atoms with Gasteiger partial charge in [-0.3, -0.25) is 19.2 Å². The lowest BCUT2D eigenvalue weighted by Crippen LogP contribution is -2.26. The minimum absolute atomic E-state index is 0.0514. The molecule has 11 heteroatoms. The molecule has 234 valence electrons. The highest BCUT2D eigenvalue weighted by Crippen LogP contribution is 2.50. The Bertz CT molecular complexity index is 1240. The smallest absolute Gasteiger partial charge is 0.406 e. The molecule has 1 aromatic carbocycles. The number of rotatable bonds is 16. The topological polar surface area (TPSA) is 155 Å². The minimum atomic E-state index is -0.541. The molecule has 5 amide bonds. The van der Waals surface area contributed by atoms with Crippen LogP contribution in [0.5, 0.6) is 0 Å². The zero-order valence-electron chi connectivity index (χ0n) is 25.5. The third-order valence-corrected chi connectivity index (χ3v) is 7.45. The van der Waals surface area contributed by atoms with E-state index in [2.05, 4.69) is 26.6 Å². The fourth-order valence-corrected chi connectivity index (χ4v) is 5.30. The van der Waals surface area contributed by atoms with Crippen molar-refractivity contribution in [3.63, 3.8) is 0 Å². The largest absolute Gasteiger partial charge is 0.449 e. The zero-order chi connectivity index (χ0) is 31.2. The number of alkyl carbamates (subject to hydrolysis) is 1. The van der Waals surface area contributed by atoms with Crippen LogP contribution < -0.4 is 26.6 Å². The van der Waals surface area contributed by atoms with Gasteiger partial charge in [-0.25, -0.2) is 4.79 Å². The van der Waals surface area contributed by atoms with E-state index in [1.54, 1.807) is 0 Å². The summed E-state index contributed by atoms with van der Waals surface area (Å²) in [4.78, 5) is 60.8. The van der Waals surface area contributed by atoms with Gasteiger partial charge in [0, 0.05) is 69.0 Å². The van der Waals surface area contributed by atoms with Gasteiger partial charge in [-0.2, -0.15) is 0 Å². The van der Waals surface area contributed by atoms with Crippen LogP contribution in [0.3, 0.4) is 0 Å². The average molecular weight is 596 g/mol. The fraction of sp³-hybridized carbons (Fsp3) is 0.531. The molecule has 0 fully saturated rings. The first-order valence-corrected chi connectivity index (χ1v) is 15.3. The molecule has 3 rings (SSSR count). The molecule has 2 unspecified atom stereocenters. The molecule has 0 aromatic heterocycles. The highest BCUT2D eigenvalue weighted by molar-refractivity contribution is 5.91. The number of carbonyl (C=O) groups excluding carboxylic acids is 5. The number of hydrogen-bond donors (Lipinski definition) is 5. The number of hydrogen-bond acceptors (Lipinski definition) is 6. The minimum Gasteiger partial charge on any atom is -0.449 e. The lowest BCUT2D eigenvalue weighted by atomic mass is 9.87. The van der Waals surface area contributed by atoms with E-state index in [1.807, 2.05) is 44.2 Å². The molecule has 0 aliphatic heterocycles. The second-order valence-electron chi connectivity index (χ2n) is 10.8. The van der Waals surface area contributed by atoms with Gasteiger partial charge in [-0.05, 0) is 67.0 Å². The summed E-state index contributed by atoms with van der Waals surface area (Å²) in [5.74, 6) is -0.635. The Hall–Kier alpha value is -4.15. The first-order chi connectivity index (χ1) is 20.7. The Morgan fingerprint density at radius 2 is 1.42 bits per heavy atom. The summed E-state index contributed by atoms with van der Waals surface area (Å²) in [5.41, 5.74) is 4.38. The number of nitrogens with one attached hydrogen (secondary N) is 5. The van der Waals surface area contributed by atoms with Gasteiger partial charge in [0.2, 0.25) is 23.6 Å². The third kappa shape index (κ3) is 10.3. The fourth-order valence-electron chi connectivity index (χ4n) is 5.30. The molecule has 0 bridgehead atoms.